The van der Waals surface area contributed by atoms with Crippen LogP contribution < -0.4 is 10.1 Å². The molecule has 0 aliphatic rings. The molecule has 1 amide bonds. The molecule has 0 bridgehead atoms. The lowest BCUT2D eigenvalue weighted by atomic mass is 10.1. The molecule has 118 valence electrons. The summed E-state index contributed by atoms with van der Waals surface area (Å²) in [6.45, 7) is 2.10. The van der Waals surface area contributed by atoms with Crippen molar-refractivity contribution in [2.75, 3.05) is 12.4 Å². The highest BCUT2D eigenvalue weighted by Crippen LogP contribution is 2.29. The molecule has 0 atom stereocenters. The molecule has 0 radical (unpaired) electrons. The maximum atomic E-state index is 11.8. The third-order valence-electron chi connectivity index (χ3n) is 2.97. The Balaban J connectivity index is 2.74. The van der Waals surface area contributed by atoms with E-state index in [-0.39, 0.29) is 16.6 Å². The van der Waals surface area contributed by atoms with Crippen LogP contribution in [-0.4, -0.2) is 21.4 Å². The summed E-state index contributed by atoms with van der Waals surface area (Å²) in [7, 11) is 2.77. The SMILES string of the molecule is CCCCCCC(=O)Nc1ccc(OC)c(S(=O)(=O)Cl)c1. The molecular formula is C14H20ClNO4S. The first-order valence-electron chi connectivity index (χ1n) is 6.81. The first-order valence-corrected chi connectivity index (χ1v) is 9.12. The van der Waals surface area contributed by atoms with Gasteiger partial charge < -0.3 is 10.1 Å². The number of halogens is 1. The molecule has 1 aromatic carbocycles. The summed E-state index contributed by atoms with van der Waals surface area (Å²) in [4.78, 5) is 11.6. The Morgan fingerprint density at radius 2 is 2.00 bits per heavy atom. The van der Waals surface area contributed by atoms with Gasteiger partial charge in [0.15, 0.2) is 0 Å². The first kappa shape index (κ1) is 17.8. The smallest absolute Gasteiger partial charge is 0.265 e. The number of ether oxygens (including phenoxy) is 1. The third kappa shape index (κ3) is 5.93. The van der Waals surface area contributed by atoms with E-state index in [0.29, 0.717) is 12.1 Å². The van der Waals surface area contributed by atoms with Gasteiger partial charge in [-0.05, 0) is 24.6 Å². The standard InChI is InChI=1S/C14H20ClNO4S/c1-3-4-5-6-7-14(17)16-11-8-9-12(20-2)13(10-11)21(15,18)19/h8-10H,3-7H2,1-2H3,(H,16,17). The molecule has 1 N–H and O–H groups in total. The van der Waals surface area contributed by atoms with Crippen molar-refractivity contribution in [3.63, 3.8) is 0 Å². The zero-order chi connectivity index (χ0) is 15.9. The fourth-order valence-corrected chi connectivity index (χ4v) is 2.90. The lowest BCUT2D eigenvalue weighted by molar-refractivity contribution is -0.116. The van der Waals surface area contributed by atoms with E-state index in [9.17, 15) is 13.2 Å². The highest BCUT2D eigenvalue weighted by atomic mass is 35.7. The van der Waals surface area contributed by atoms with Crippen molar-refractivity contribution in [1.29, 1.82) is 0 Å². The molecule has 0 fully saturated rings. The number of methoxy groups -OCH3 is 1. The first-order chi connectivity index (χ1) is 9.88. The average molecular weight is 334 g/mol. The molecule has 0 aliphatic heterocycles. The number of carbonyl (C=O) groups is 1. The number of nitrogens with one attached hydrogen (secondary N) is 1. The molecule has 0 aromatic heterocycles. The van der Waals surface area contributed by atoms with Gasteiger partial charge in [-0.2, -0.15) is 0 Å². The Morgan fingerprint density at radius 3 is 2.57 bits per heavy atom. The Hall–Kier alpha value is -1.27. The second kappa shape index (κ2) is 8.24. The van der Waals surface area contributed by atoms with Gasteiger partial charge in [-0.3, -0.25) is 4.79 Å². The van der Waals surface area contributed by atoms with Crippen molar-refractivity contribution in [2.45, 2.75) is 43.9 Å². The lowest BCUT2D eigenvalue weighted by Gasteiger charge is -2.09. The minimum atomic E-state index is -3.93. The number of amides is 1. The van der Waals surface area contributed by atoms with E-state index in [1.165, 1.54) is 19.2 Å². The van der Waals surface area contributed by atoms with Crippen molar-refractivity contribution >= 4 is 31.3 Å². The lowest BCUT2D eigenvalue weighted by Crippen LogP contribution is -2.11. The number of anilines is 1. The molecule has 0 unspecified atom stereocenters. The fraction of sp³-hybridized carbons (Fsp3) is 0.500. The minimum Gasteiger partial charge on any atom is -0.495 e. The van der Waals surface area contributed by atoms with E-state index >= 15 is 0 Å². The van der Waals surface area contributed by atoms with Crippen LogP contribution in [0.25, 0.3) is 0 Å². The van der Waals surface area contributed by atoms with Crippen LogP contribution >= 0.6 is 10.7 Å². The quantitative estimate of drug-likeness (QED) is 0.583. The van der Waals surface area contributed by atoms with Gasteiger partial charge in [0.2, 0.25) is 5.91 Å². The minimum absolute atomic E-state index is 0.144. The van der Waals surface area contributed by atoms with Crippen LogP contribution in [0.4, 0.5) is 5.69 Å². The Bertz CT molecular complexity index is 587. The maximum absolute atomic E-state index is 11.8. The molecule has 0 saturated heterocycles. The summed E-state index contributed by atoms with van der Waals surface area (Å²) in [5.74, 6) is 0.000125. The average Bonchev–Trinajstić information content (AvgIpc) is 2.42. The molecule has 1 rings (SSSR count). The molecule has 7 heteroatoms. The molecular weight excluding hydrogens is 314 g/mol. The summed E-state index contributed by atoms with van der Waals surface area (Å²) < 4.78 is 27.9. The zero-order valence-corrected chi connectivity index (χ0v) is 13.8. The summed E-state index contributed by atoms with van der Waals surface area (Å²) >= 11 is 0. The molecule has 0 spiro atoms. The van der Waals surface area contributed by atoms with Crippen LogP contribution in [0.15, 0.2) is 23.1 Å². The van der Waals surface area contributed by atoms with Crippen LogP contribution in [0.3, 0.4) is 0 Å². The highest BCUT2D eigenvalue weighted by Gasteiger charge is 2.17. The zero-order valence-electron chi connectivity index (χ0n) is 12.2. The van der Waals surface area contributed by atoms with Gasteiger partial charge in [0, 0.05) is 22.8 Å². The van der Waals surface area contributed by atoms with E-state index in [1.807, 2.05) is 0 Å². The largest absolute Gasteiger partial charge is 0.495 e. The van der Waals surface area contributed by atoms with Crippen molar-refractivity contribution in [3.8, 4) is 5.75 Å². The second-order valence-electron chi connectivity index (χ2n) is 4.66. The van der Waals surface area contributed by atoms with Gasteiger partial charge in [0.1, 0.15) is 10.6 Å². The monoisotopic (exact) mass is 333 g/mol. The number of hydrogen-bond donors (Lipinski definition) is 1. The number of rotatable bonds is 8. The molecule has 1 aromatic rings. The van der Waals surface area contributed by atoms with Gasteiger partial charge in [-0.15, -0.1) is 0 Å². The summed E-state index contributed by atoms with van der Waals surface area (Å²) in [6.07, 6.45) is 4.45. The van der Waals surface area contributed by atoms with E-state index < -0.39 is 9.05 Å². The predicted octanol–water partition coefficient (Wildman–Crippen LogP) is 3.53. The summed E-state index contributed by atoms with van der Waals surface area (Å²) in [5.41, 5.74) is 0.385. The number of hydrogen-bond acceptors (Lipinski definition) is 4. The van der Waals surface area contributed by atoms with Gasteiger partial charge in [-0.1, -0.05) is 26.2 Å². The molecule has 5 nitrogen and oxygen atoms in total. The molecule has 21 heavy (non-hydrogen) atoms. The number of unbranched alkanes of at least 4 members (excludes halogenated alkanes) is 3. The van der Waals surface area contributed by atoms with Crippen molar-refractivity contribution in [2.24, 2.45) is 0 Å². The highest BCUT2D eigenvalue weighted by molar-refractivity contribution is 8.13. The van der Waals surface area contributed by atoms with Crippen LogP contribution in [0, 0.1) is 0 Å². The Kier molecular flexibility index (Phi) is 6.98. The molecule has 0 heterocycles. The predicted molar refractivity (Wildman–Crippen MR) is 83.4 cm³/mol. The normalized spacial score (nSPS) is 11.2. The van der Waals surface area contributed by atoms with Crippen molar-refractivity contribution < 1.29 is 17.9 Å². The van der Waals surface area contributed by atoms with Crippen molar-refractivity contribution in [3.05, 3.63) is 18.2 Å². The fourth-order valence-electron chi connectivity index (χ4n) is 1.88. The van der Waals surface area contributed by atoms with Gasteiger partial charge in [-0.25, -0.2) is 8.42 Å². The summed E-state index contributed by atoms with van der Waals surface area (Å²) in [6, 6.07) is 4.33. The van der Waals surface area contributed by atoms with Crippen molar-refractivity contribution in [1.82, 2.24) is 0 Å². The van der Waals surface area contributed by atoms with Gasteiger partial charge >= 0.3 is 0 Å². The van der Waals surface area contributed by atoms with Gasteiger partial charge in [0.25, 0.3) is 9.05 Å². The summed E-state index contributed by atoms with van der Waals surface area (Å²) in [5, 5.41) is 2.67. The van der Waals surface area contributed by atoms with E-state index in [2.05, 4.69) is 12.2 Å². The maximum Gasteiger partial charge on any atom is 0.265 e. The number of benzene rings is 1. The van der Waals surface area contributed by atoms with Crippen LogP contribution in [0.1, 0.15) is 39.0 Å². The molecule has 0 aliphatic carbocycles. The molecule has 0 saturated carbocycles. The topological polar surface area (TPSA) is 72.5 Å². The van der Waals surface area contributed by atoms with Crippen LogP contribution in [0.2, 0.25) is 0 Å². The van der Waals surface area contributed by atoms with E-state index in [1.54, 1.807) is 6.07 Å². The van der Waals surface area contributed by atoms with Gasteiger partial charge in [0.05, 0.1) is 7.11 Å². The second-order valence-corrected chi connectivity index (χ2v) is 7.20. The van der Waals surface area contributed by atoms with Crippen LogP contribution in [-0.2, 0) is 13.8 Å². The van der Waals surface area contributed by atoms with E-state index in [4.69, 9.17) is 15.4 Å². The third-order valence-corrected chi connectivity index (χ3v) is 4.31. The van der Waals surface area contributed by atoms with Crippen LogP contribution in [0.5, 0.6) is 5.75 Å². The Morgan fingerprint density at radius 1 is 1.29 bits per heavy atom. The Labute approximate surface area is 130 Å². The van der Waals surface area contributed by atoms with E-state index in [0.717, 1.165) is 25.7 Å². The number of carbonyl (C=O) groups excluding carboxylic acids is 1.